The number of hydrogen-bond donors (Lipinski definition) is 1. The van der Waals surface area contributed by atoms with Crippen molar-refractivity contribution in [2.24, 2.45) is 11.8 Å². The van der Waals surface area contributed by atoms with Gasteiger partial charge in [-0.3, -0.25) is 4.90 Å². The Morgan fingerprint density at radius 2 is 1.85 bits per heavy atom. The van der Waals surface area contributed by atoms with Crippen LogP contribution in [-0.4, -0.2) is 37.1 Å². The maximum Gasteiger partial charge on any atom is 0.0243 e. The normalized spacial score (nSPS) is 15.2. The smallest absolute Gasteiger partial charge is 0.0243 e. The minimum Gasteiger partial charge on any atom is -0.315 e. The van der Waals surface area contributed by atoms with Crippen LogP contribution in [0.25, 0.3) is 0 Å². The zero-order chi connectivity index (χ0) is 15.1. The van der Waals surface area contributed by atoms with E-state index in [4.69, 9.17) is 0 Å². The Hall–Kier alpha value is -0.380. The van der Waals surface area contributed by atoms with Gasteiger partial charge in [0.05, 0.1) is 0 Å². The molecule has 1 aromatic heterocycles. The summed E-state index contributed by atoms with van der Waals surface area (Å²) in [5.41, 5.74) is 0. The highest BCUT2D eigenvalue weighted by Gasteiger charge is 2.22. The predicted molar refractivity (Wildman–Crippen MR) is 91.6 cm³/mol. The lowest BCUT2D eigenvalue weighted by atomic mass is 10.00. The molecular weight excluding hydrogens is 264 g/mol. The van der Waals surface area contributed by atoms with Crippen LogP contribution >= 0.6 is 11.3 Å². The lowest BCUT2D eigenvalue weighted by molar-refractivity contribution is 0.140. The molecule has 0 aromatic carbocycles. The van der Waals surface area contributed by atoms with Gasteiger partial charge in [-0.2, -0.15) is 0 Å². The number of rotatable bonds is 9. The average molecular weight is 297 g/mol. The molecule has 20 heavy (non-hydrogen) atoms. The van der Waals surface area contributed by atoms with Crippen LogP contribution < -0.4 is 5.32 Å². The summed E-state index contributed by atoms with van der Waals surface area (Å²) in [7, 11) is 2.28. The molecule has 1 heterocycles. The minimum absolute atomic E-state index is 0.585. The van der Waals surface area contributed by atoms with Crippen molar-refractivity contribution in [3.05, 3.63) is 22.4 Å². The molecule has 3 heteroatoms. The molecular formula is C17H32N2S. The van der Waals surface area contributed by atoms with Crippen molar-refractivity contribution in [3.8, 4) is 0 Å². The topological polar surface area (TPSA) is 15.3 Å². The third-order valence-corrected chi connectivity index (χ3v) is 4.87. The molecule has 0 spiro atoms. The molecule has 0 radical (unpaired) electrons. The summed E-state index contributed by atoms with van der Waals surface area (Å²) < 4.78 is 0. The van der Waals surface area contributed by atoms with Gasteiger partial charge in [0.1, 0.15) is 0 Å². The Morgan fingerprint density at radius 3 is 2.35 bits per heavy atom. The van der Waals surface area contributed by atoms with Crippen molar-refractivity contribution in [2.45, 2.75) is 53.1 Å². The van der Waals surface area contributed by atoms with Gasteiger partial charge >= 0.3 is 0 Å². The van der Waals surface area contributed by atoms with Gasteiger partial charge in [-0.1, -0.05) is 33.8 Å². The van der Waals surface area contributed by atoms with Gasteiger partial charge < -0.3 is 5.32 Å². The zero-order valence-electron chi connectivity index (χ0n) is 14.0. The van der Waals surface area contributed by atoms with Gasteiger partial charge in [0.25, 0.3) is 0 Å². The van der Waals surface area contributed by atoms with Gasteiger partial charge in [-0.15, -0.1) is 11.3 Å². The monoisotopic (exact) mass is 296 g/mol. The highest BCUT2D eigenvalue weighted by molar-refractivity contribution is 7.09. The molecule has 0 bridgehead atoms. The molecule has 0 aliphatic carbocycles. The van der Waals surface area contributed by atoms with Crippen molar-refractivity contribution in [1.82, 2.24) is 10.2 Å². The molecule has 0 aliphatic heterocycles. The van der Waals surface area contributed by atoms with Crippen LogP contribution in [0.1, 0.15) is 39.5 Å². The van der Waals surface area contributed by atoms with E-state index in [2.05, 4.69) is 69.4 Å². The van der Waals surface area contributed by atoms with Gasteiger partial charge in [0, 0.05) is 23.5 Å². The summed E-state index contributed by atoms with van der Waals surface area (Å²) in [4.78, 5) is 4.04. The number of nitrogens with one attached hydrogen (secondary N) is 1. The third kappa shape index (κ3) is 5.94. The average Bonchev–Trinajstić information content (AvgIpc) is 2.85. The number of nitrogens with zero attached hydrogens (tertiary/aromatic N) is 1. The van der Waals surface area contributed by atoms with E-state index in [-0.39, 0.29) is 0 Å². The van der Waals surface area contributed by atoms with Gasteiger partial charge in [0.15, 0.2) is 0 Å². The Morgan fingerprint density at radius 1 is 1.15 bits per heavy atom. The second-order valence-corrected chi connectivity index (χ2v) is 7.69. The molecule has 0 fully saturated rings. The molecule has 0 saturated carbocycles. The van der Waals surface area contributed by atoms with E-state index in [0.717, 1.165) is 25.4 Å². The second kappa shape index (κ2) is 8.81. The van der Waals surface area contributed by atoms with Crippen molar-refractivity contribution in [3.63, 3.8) is 0 Å². The summed E-state index contributed by atoms with van der Waals surface area (Å²) in [5.74, 6) is 1.39. The van der Waals surface area contributed by atoms with Crippen LogP contribution in [0.4, 0.5) is 0 Å². The Kier molecular flexibility index (Phi) is 7.78. The lowest BCUT2D eigenvalue weighted by Gasteiger charge is -2.36. The van der Waals surface area contributed by atoms with Crippen molar-refractivity contribution in [1.29, 1.82) is 0 Å². The summed E-state index contributed by atoms with van der Waals surface area (Å²) in [6.45, 7) is 13.7. The molecule has 0 saturated heterocycles. The van der Waals surface area contributed by atoms with E-state index in [1.54, 1.807) is 0 Å². The SMILES string of the molecule is CC(C)CNCC(C(C)C)N(C)C(C)Cc1cccs1. The van der Waals surface area contributed by atoms with Crippen LogP contribution in [0, 0.1) is 11.8 Å². The molecule has 0 aliphatic rings. The molecule has 2 unspecified atom stereocenters. The van der Waals surface area contributed by atoms with E-state index in [0.29, 0.717) is 18.0 Å². The maximum absolute atomic E-state index is 3.62. The van der Waals surface area contributed by atoms with Gasteiger partial charge in [0.2, 0.25) is 0 Å². The number of hydrogen-bond acceptors (Lipinski definition) is 3. The summed E-state index contributed by atoms with van der Waals surface area (Å²) in [6.07, 6.45) is 1.15. The van der Waals surface area contributed by atoms with Crippen LogP contribution in [-0.2, 0) is 6.42 Å². The van der Waals surface area contributed by atoms with Crippen LogP contribution in [0.15, 0.2) is 17.5 Å². The standard InChI is InChI=1S/C17H32N2S/c1-13(2)11-18-12-17(14(3)4)19(6)15(5)10-16-8-7-9-20-16/h7-9,13-15,17-18H,10-12H2,1-6H3. The van der Waals surface area contributed by atoms with E-state index in [9.17, 15) is 0 Å². The van der Waals surface area contributed by atoms with E-state index in [1.165, 1.54) is 4.88 Å². The fourth-order valence-electron chi connectivity index (χ4n) is 2.56. The van der Waals surface area contributed by atoms with Crippen LogP contribution in [0.2, 0.25) is 0 Å². The first-order valence-electron chi connectivity index (χ1n) is 7.86. The van der Waals surface area contributed by atoms with E-state index < -0.39 is 0 Å². The predicted octanol–water partition coefficient (Wildman–Crippen LogP) is 3.88. The number of thiophene rings is 1. The van der Waals surface area contributed by atoms with Crippen molar-refractivity contribution < 1.29 is 0 Å². The fraction of sp³-hybridized carbons (Fsp3) is 0.765. The number of likely N-dealkylation sites (N-methyl/N-ethyl adjacent to an activating group) is 1. The zero-order valence-corrected chi connectivity index (χ0v) is 14.8. The molecule has 1 rings (SSSR count). The van der Waals surface area contributed by atoms with Gasteiger partial charge in [-0.05, 0) is 50.2 Å². The van der Waals surface area contributed by atoms with Crippen LogP contribution in [0.3, 0.4) is 0 Å². The Balaban J connectivity index is 2.51. The first-order valence-corrected chi connectivity index (χ1v) is 8.74. The Bertz CT molecular complexity index is 346. The molecule has 0 amide bonds. The highest BCUT2D eigenvalue weighted by Crippen LogP contribution is 2.17. The summed E-state index contributed by atoms with van der Waals surface area (Å²) >= 11 is 1.87. The first kappa shape index (κ1) is 17.7. The first-order chi connectivity index (χ1) is 9.41. The maximum atomic E-state index is 3.62. The largest absolute Gasteiger partial charge is 0.315 e. The van der Waals surface area contributed by atoms with E-state index in [1.807, 2.05) is 11.3 Å². The minimum atomic E-state index is 0.585. The molecule has 116 valence electrons. The second-order valence-electron chi connectivity index (χ2n) is 6.66. The fourth-order valence-corrected chi connectivity index (χ4v) is 3.39. The van der Waals surface area contributed by atoms with Crippen molar-refractivity contribution >= 4 is 11.3 Å². The molecule has 1 aromatic rings. The third-order valence-electron chi connectivity index (χ3n) is 3.97. The molecule has 1 N–H and O–H groups in total. The van der Waals surface area contributed by atoms with E-state index >= 15 is 0 Å². The molecule has 2 atom stereocenters. The molecule has 2 nitrogen and oxygen atoms in total. The quantitative estimate of drug-likeness (QED) is 0.744. The highest BCUT2D eigenvalue weighted by atomic mass is 32.1. The summed E-state index contributed by atoms with van der Waals surface area (Å²) in [5, 5.41) is 5.79. The van der Waals surface area contributed by atoms with Crippen LogP contribution in [0.5, 0.6) is 0 Å². The Labute approximate surface area is 129 Å². The lowest BCUT2D eigenvalue weighted by Crippen LogP contribution is -2.48. The van der Waals surface area contributed by atoms with Gasteiger partial charge in [-0.25, -0.2) is 0 Å². The van der Waals surface area contributed by atoms with Crippen molar-refractivity contribution in [2.75, 3.05) is 20.1 Å². The summed E-state index contributed by atoms with van der Waals surface area (Å²) in [6, 6.07) is 5.58.